The van der Waals surface area contributed by atoms with Gasteiger partial charge in [0.2, 0.25) is 11.2 Å². The van der Waals surface area contributed by atoms with E-state index < -0.39 is 11.6 Å². The van der Waals surface area contributed by atoms with Gasteiger partial charge in [-0.1, -0.05) is 0 Å². The minimum absolute atomic E-state index is 0.0381. The zero-order valence-electron chi connectivity index (χ0n) is 15.7. The van der Waals surface area contributed by atoms with Gasteiger partial charge in [0, 0.05) is 6.07 Å². The van der Waals surface area contributed by atoms with Crippen molar-refractivity contribution in [2.45, 2.75) is 26.4 Å². The van der Waals surface area contributed by atoms with Crippen LogP contribution in [0.15, 0.2) is 57.9 Å². The van der Waals surface area contributed by atoms with E-state index in [-0.39, 0.29) is 22.5 Å². The predicted molar refractivity (Wildman–Crippen MR) is 103 cm³/mol. The van der Waals surface area contributed by atoms with Gasteiger partial charge >= 0.3 is 5.97 Å². The van der Waals surface area contributed by atoms with E-state index in [1.807, 2.05) is 6.92 Å². The maximum Gasteiger partial charge on any atom is 0.347 e. The normalized spacial score (nSPS) is 11.2. The van der Waals surface area contributed by atoms with Crippen molar-refractivity contribution in [2.75, 3.05) is 6.61 Å². The molecule has 0 amide bonds. The first-order valence-corrected chi connectivity index (χ1v) is 8.69. The van der Waals surface area contributed by atoms with Gasteiger partial charge in [-0.2, -0.15) is 0 Å². The molecule has 0 unspecified atom stereocenters. The Balaban J connectivity index is 1.86. The zero-order chi connectivity index (χ0) is 20.3. The summed E-state index contributed by atoms with van der Waals surface area (Å²) < 4.78 is 22.0. The van der Waals surface area contributed by atoms with E-state index >= 15 is 0 Å². The SMILES string of the molecule is CCOc1ccc(Oc2coc3cc(OC(C)(C)C(=O)O)ccc3c2=O)cc1. The molecule has 0 aliphatic rings. The minimum Gasteiger partial charge on any atom is -0.494 e. The Morgan fingerprint density at radius 1 is 1.07 bits per heavy atom. The van der Waals surface area contributed by atoms with Gasteiger partial charge in [-0.05, 0) is 57.2 Å². The third-order valence-electron chi connectivity index (χ3n) is 3.97. The molecule has 3 rings (SSSR count). The number of carbonyl (C=O) groups is 1. The molecule has 1 aromatic heterocycles. The molecule has 7 nitrogen and oxygen atoms in total. The molecule has 146 valence electrons. The van der Waals surface area contributed by atoms with Crippen LogP contribution in [0.3, 0.4) is 0 Å². The molecule has 7 heteroatoms. The Kier molecular flexibility index (Phi) is 5.26. The van der Waals surface area contributed by atoms with Crippen molar-refractivity contribution in [1.82, 2.24) is 0 Å². The average Bonchev–Trinajstić information content (AvgIpc) is 2.65. The lowest BCUT2D eigenvalue weighted by atomic mass is 10.1. The zero-order valence-corrected chi connectivity index (χ0v) is 15.7. The Labute approximate surface area is 161 Å². The van der Waals surface area contributed by atoms with Crippen LogP contribution in [0.25, 0.3) is 11.0 Å². The Hall–Kier alpha value is -3.48. The van der Waals surface area contributed by atoms with Crippen LogP contribution in [0.5, 0.6) is 23.0 Å². The quantitative estimate of drug-likeness (QED) is 0.651. The minimum atomic E-state index is -1.41. The highest BCUT2D eigenvalue weighted by atomic mass is 16.5. The van der Waals surface area contributed by atoms with Gasteiger partial charge in [0.1, 0.15) is 29.1 Å². The fourth-order valence-electron chi connectivity index (χ4n) is 2.46. The molecule has 0 bridgehead atoms. The molecule has 3 aromatic rings. The summed E-state index contributed by atoms with van der Waals surface area (Å²) >= 11 is 0. The number of fused-ring (bicyclic) bond motifs is 1. The molecule has 0 atom stereocenters. The van der Waals surface area contributed by atoms with Crippen LogP contribution in [-0.4, -0.2) is 23.3 Å². The topological polar surface area (TPSA) is 95.2 Å². The van der Waals surface area contributed by atoms with Crippen molar-refractivity contribution >= 4 is 16.9 Å². The molecular weight excluding hydrogens is 364 g/mol. The summed E-state index contributed by atoms with van der Waals surface area (Å²) in [7, 11) is 0. The van der Waals surface area contributed by atoms with Crippen molar-refractivity contribution in [2.24, 2.45) is 0 Å². The Morgan fingerprint density at radius 2 is 1.71 bits per heavy atom. The van der Waals surface area contributed by atoms with Gasteiger partial charge in [0.05, 0.1) is 12.0 Å². The lowest BCUT2D eigenvalue weighted by Crippen LogP contribution is -2.37. The molecule has 0 saturated carbocycles. The van der Waals surface area contributed by atoms with Crippen LogP contribution in [0, 0.1) is 0 Å². The number of benzene rings is 2. The number of ether oxygens (including phenoxy) is 3. The monoisotopic (exact) mass is 384 g/mol. The van der Waals surface area contributed by atoms with Gasteiger partial charge in [0.25, 0.3) is 0 Å². The van der Waals surface area contributed by atoms with Crippen LogP contribution in [0.1, 0.15) is 20.8 Å². The highest BCUT2D eigenvalue weighted by Gasteiger charge is 2.29. The van der Waals surface area contributed by atoms with Gasteiger partial charge in [-0.3, -0.25) is 4.79 Å². The number of carboxylic acids is 1. The highest BCUT2D eigenvalue weighted by molar-refractivity contribution is 5.80. The van der Waals surface area contributed by atoms with Crippen molar-refractivity contribution in [3.63, 3.8) is 0 Å². The number of rotatable bonds is 7. The van der Waals surface area contributed by atoms with E-state index in [4.69, 9.17) is 23.7 Å². The Morgan fingerprint density at radius 3 is 2.36 bits per heavy atom. The van der Waals surface area contributed by atoms with Crippen LogP contribution >= 0.6 is 0 Å². The van der Waals surface area contributed by atoms with Gasteiger partial charge in [-0.15, -0.1) is 0 Å². The number of hydrogen-bond donors (Lipinski definition) is 1. The molecule has 0 saturated heterocycles. The van der Waals surface area contributed by atoms with E-state index in [1.165, 1.54) is 38.3 Å². The molecule has 0 fully saturated rings. The van der Waals surface area contributed by atoms with Gasteiger partial charge in [-0.25, -0.2) is 4.79 Å². The van der Waals surface area contributed by atoms with E-state index in [2.05, 4.69) is 0 Å². The maximum absolute atomic E-state index is 12.7. The first-order valence-electron chi connectivity index (χ1n) is 8.69. The van der Waals surface area contributed by atoms with Crippen LogP contribution in [0.4, 0.5) is 0 Å². The molecule has 1 N–H and O–H groups in total. The second-order valence-corrected chi connectivity index (χ2v) is 6.51. The lowest BCUT2D eigenvalue weighted by Gasteiger charge is -2.21. The number of carboxylic acid groups (broad SMARTS) is 1. The van der Waals surface area contributed by atoms with Crippen molar-refractivity contribution in [3.05, 3.63) is 59.0 Å². The van der Waals surface area contributed by atoms with E-state index in [1.54, 1.807) is 24.3 Å². The van der Waals surface area contributed by atoms with Gasteiger partial charge < -0.3 is 23.7 Å². The number of hydrogen-bond acceptors (Lipinski definition) is 6. The summed E-state index contributed by atoms with van der Waals surface area (Å²) in [6, 6.07) is 11.4. The summed E-state index contributed by atoms with van der Waals surface area (Å²) in [6.07, 6.45) is 1.22. The fourth-order valence-corrected chi connectivity index (χ4v) is 2.46. The number of aliphatic carboxylic acids is 1. The van der Waals surface area contributed by atoms with Crippen LogP contribution < -0.4 is 19.6 Å². The second-order valence-electron chi connectivity index (χ2n) is 6.51. The first-order chi connectivity index (χ1) is 13.3. The molecule has 0 spiro atoms. The standard InChI is InChI=1S/C21H20O7/c1-4-25-13-5-7-14(8-6-13)27-18-12-26-17-11-15(9-10-16(17)19(18)22)28-21(2,3)20(23)24/h5-12H,4H2,1-3H3,(H,23,24). The molecule has 1 heterocycles. The summed E-state index contributed by atoms with van der Waals surface area (Å²) in [5.41, 5.74) is -1.49. The summed E-state index contributed by atoms with van der Waals surface area (Å²) in [6.45, 7) is 5.32. The molecule has 0 radical (unpaired) electrons. The van der Waals surface area contributed by atoms with Crippen molar-refractivity contribution in [3.8, 4) is 23.0 Å². The van der Waals surface area contributed by atoms with Crippen molar-refractivity contribution < 1.29 is 28.5 Å². The summed E-state index contributed by atoms with van der Waals surface area (Å²) in [4.78, 5) is 23.9. The molecular formula is C21H20O7. The molecule has 28 heavy (non-hydrogen) atoms. The van der Waals surface area contributed by atoms with E-state index in [9.17, 15) is 9.59 Å². The highest BCUT2D eigenvalue weighted by Crippen LogP contribution is 2.27. The van der Waals surface area contributed by atoms with Crippen molar-refractivity contribution in [1.29, 1.82) is 0 Å². The predicted octanol–water partition coefficient (Wildman–Crippen LogP) is 4.23. The molecule has 2 aromatic carbocycles. The first kappa shape index (κ1) is 19.3. The average molecular weight is 384 g/mol. The lowest BCUT2D eigenvalue weighted by molar-refractivity contribution is -0.152. The third-order valence-corrected chi connectivity index (χ3v) is 3.97. The van der Waals surface area contributed by atoms with Crippen LogP contribution in [-0.2, 0) is 4.79 Å². The molecule has 0 aliphatic heterocycles. The summed E-state index contributed by atoms with van der Waals surface area (Å²) in [5.74, 6) is 0.392. The van der Waals surface area contributed by atoms with E-state index in [0.29, 0.717) is 23.5 Å². The largest absolute Gasteiger partial charge is 0.494 e. The Bertz CT molecular complexity index is 1050. The second kappa shape index (κ2) is 7.64. The fraction of sp³-hybridized carbons (Fsp3) is 0.238. The van der Waals surface area contributed by atoms with Crippen LogP contribution in [0.2, 0.25) is 0 Å². The van der Waals surface area contributed by atoms with Gasteiger partial charge in [0.15, 0.2) is 5.60 Å². The summed E-state index contributed by atoms with van der Waals surface area (Å²) in [5, 5.41) is 9.46. The molecule has 0 aliphatic carbocycles. The third kappa shape index (κ3) is 4.09. The van der Waals surface area contributed by atoms with E-state index in [0.717, 1.165) is 0 Å². The maximum atomic E-state index is 12.7. The smallest absolute Gasteiger partial charge is 0.347 e.